The summed E-state index contributed by atoms with van der Waals surface area (Å²) >= 11 is 0. The second-order valence-electron chi connectivity index (χ2n) is 6.07. The summed E-state index contributed by atoms with van der Waals surface area (Å²) in [5.74, 6) is 0.184. The topological polar surface area (TPSA) is 69.6 Å². The van der Waals surface area contributed by atoms with Crippen LogP contribution in [0.15, 0.2) is 0 Å². The molecule has 5 heteroatoms. The number of urea groups is 1. The highest BCUT2D eigenvalue weighted by atomic mass is 16.4. The maximum Gasteiger partial charge on any atom is 0.323 e. The molecule has 0 aromatic rings. The quantitative estimate of drug-likeness (QED) is 0.823. The predicted octanol–water partition coefficient (Wildman–Crippen LogP) is 2.32. The lowest BCUT2D eigenvalue weighted by Crippen LogP contribution is -2.52. The zero-order valence-electron chi connectivity index (χ0n) is 12.3. The number of carbonyl (C=O) groups is 2. The lowest BCUT2D eigenvalue weighted by Gasteiger charge is -2.35. The van der Waals surface area contributed by atoms with Crippen molar-refractivity contribution in [2.24, 2.45) is 11.8 Å². The van der Waals surface area contributed by atoms with Crippen LogP contribution in [0.1, 0.15) is 47.0 Å². The van der Waals surface area contributed by atoms with Gasteiger partial charge in [-0.2, -0.15) is 0 Å². The highest BCUT2D eigenvalue weighted by Gasteiger charge is 2.29. The molecule has 0 aromatic heterocycles. The molecule has 3 atom stereocenters. The van der Waals surface area contributed by atoms with E-state index < -0.39 is 5.97 Å². The Morgan fingerprint density at radius 1 is 1.32 bits per heavy atom. The molecule has 0 heterocycles. The maximum absolute atomic E-state index is 12.2. The summed E-state index contributed by atoms with van der Waals surface area (Å²) in [5.41, 5.74) is 0. The van der Waals surface area contributed by atoms with Crippen molar-refractivity contribution in [1.29, 1.82) is 0 Å². The molecule has 19 heavy (non-hydrogen) atoms. The van der Waals surface area contributed by atoms with Crippen LogP contribution in [0.5, 0.6) is 0 Å². The van der Waals surface area contributed by atoms with Gasteiger partial charge in [-0.1, -0.05) is 13.8 Å². The minimum Gasteiger partial charge on any atom is -0.480 e. The van der Waals surface area contributed by atoms with Crippen molar-refractivity contribution in [2.45, 2.75) is 59.0 Å². The van der Waals surface area contributed by atoms with Gasteiger partial charge >= 0.3 is 12.0 Å². The van der Waals surface area contributed by atoms with Crippen LogP contribution >= 0.6 is 0 Å². The number of amides is 2. The van der Waals surface area contributed by atoms with E-state index in [0.717, 1.165) is 19.3 Å². The van der Waals surface area contributed by atoms with Crippen LogP contribution in [-0.4, -0.2) is 40.6 Å². The fourth-order valence-corrected chi connectivity index (χ4v) is 2.76. The van der Waals surface area contributed by atoms with E-state index in [4.69, 9.17) is 5.11 Å². The third kappa shape index (κ3) is 4.73. The van der Waals surface area contributed by atoms with E-state index in [1.807, 2.05) is 13.8 Å². The normalized spacial score (nSPS) is 27.1. The Labute approximate surface area is 115 Å². The smallest absolute Gasteiger partial charge is 0.323 e. The number of aliphatic carboxylic acids is 1. The highest BCUT2D eigenvalue weighted by molar-refractivity contribution is 5.80. The Kier molecular flexibility index (Phi) is 5.63. The Morgan fingerprint density at radius 3 is 2.42 bits per heavy atom. The van der Waals surface area contributed by atoms with Gasteiger partial charge in [0.25, 0.3) is 0 Å². The van der Waals surface area contributed by atoms with Gasteiger partial charge in [0.15, 0.2) is 0 Å². The molecule has 0 aromatic carbocycles. The maximum atomic E-state index is 12.2. The van der Waals surface area contributed by atoms with Gasteiger partial charge in [-0.05, 0) is 44.9 Å². The fraction of sp³-hybridized carbons (Fsp3) is 0.857. The molecule has 5 nitrogen and oxygen atoms in total. The lowest BCUT2D eigenvalue weighted by molar-refractivity contribution is -0.138. The molecule has 1 rings (SSSR count). The summed E-state index contributed by atoms with van der Waals surface area (Å²) in [5, 5.41) is 11.9. The van der Waals surface area contributed by atoms with E-state index in [1.165, 1.54) is 4.90 Å². The average molecular weight is 270 g/mol. The highest BCUT2D eigenvalue weighted by Crippen LogP contribution is 2.28. The number of nitrogens with one attached hydrogen (secondary N) is 1. The van der Waals surface area contributed by atoms with Crippen molar-refractivity contribution < 1.29 is 14.7 Å². The van der Waals surface area contributed by atoms with Gasteiger partial charge in [0.2, 0.25) is 0 Å². The van der Waals surface area contributed by atoms with E-state index in [2.05, 4.69) is 19.2 Å². The molecule has 0 bridgehead atoms. The van der Waals surface area contributed by atoms with Crippen molar-refractivity contribution in [1.82, 2.24) is 10.2 Å². The molecule has 110 valence electrons. The van der Waals surface area contributed by atoms with Gasteiger partial charge in [-0.25, -0.2) is 4.79 Å². The Bertz CT molecular complexity index is 331. The fourth-order valence-electron chi connectivity index (χ4n) is 2.76. The molecule has 0 aliphatic heterocycles. The van der Waals surface area contributed by atoms with Crippen molar-refractivity contribution in [2.75, 3.05) is 6.54 Å². The lowest BCUT2D eigenvalue weighted by atomic mass is 9.80. The van der Waals surface area contributed by atoms with Gasteiger partial charge in [-0.3, -0.25) is 4.79 Å². The molecule has 0 spiro atoms. The number of nitrogens with zero attached hydrogens (tertiary/aromatic N) is 1. The third-order valence-corrected chi connectivity index (χ3v) is 3.93. The van der Waals surface area contributed by atoms with Gasteiger partial charge in [0.1, 0.15) is 6.54 Å². The van der Waals surface area contributed by atoms with Crippen molar-refractivity contribution >= 4 is 12.0 Å². The van der Waals surface area contributed by atoms with Crippen LogP contribution in [0.3, 0.4) is 0 Å². The summed E-state index contributed by atoms with van der Waals surface area (Å²) in [6.45, 7) is 7.79. The number of rotatable bonds is 4. The van der Waals surface area contributed by atoms with Gasteiger partial charge in [0.05, 0.1) is 0 Å². The number of carboxylic acid groups (broad SMARTS) is 1. The summed E-state index contributed by atoms with van der Waals surface area (Å²) in [7, 11) is 0. The van der Waals surface area contributed by atoms with E-state index >= 15 is 0 Å². The molecule has 1 aliphatic carbocycles. The molecule has 2 N–H and O–H groups in total. The Balaban J connectivity index is 2.58. The molecule has 1 saturated carbocycles. The summed E-state index contributed by atoms with van der Waals surface area (Å²) in [6, 6.07) is -0.212. The molecular formula is C14H26N2O3. The minimum absolute atomic E-state index is 0.117. The second kappa shape index (κ2) is 6.78. The van der Waals surface area contributed by atoms with Gasteiger partial charge in [-0.15, -0.1) is 0 Å². The number of hydrogen-bond donors (Lipinski definition) is 2. The molecule has 1 fully saturated rings. The van der Waals surface area contributed by atoms with Crippen LogP contribution in [-0.2, 0) is 4.79 Å². The molecule has 1 aliphatic rings. The average Bonchev–Trinajstić information content (AvgIpc) is 2.29. The van der Waals surface area contributed by atoms with Crippen LogP contribution in [0.2, 0.25) is 0 Å². The van der Waals surface area contributed by atoms with Crippen LogP contribution in [0, 0.1) is 11.8 Å². The number of carbonyl (C=O) groups excluding carboxylic acids is 1. The predicted molar refractivity (Wildman–Crippen MR) is 74.0 cm³/mol. The van der Waals surface area contributed by atoms with Gasteiger partial charge < -0.3 is 15.3 Å². The zero-order valence-corrected chi connectivity index (χ0v) is 12.3. The van der Waals surface area contributed by atoms with Crippen molar-refractivity contribution in [3.8, 4) is 0 Å². The SMILES string of the molecule is CC1CCC(NC(=O)N(CC(=O)O)C(C)C)C(C)C1. The first kappa shape index (κ1) is 15.8. The standard InChI is InChI=1S/C14H26N2O3/c1-9(2)16(8-13(17)18)14(19)15-12-6-5-10(3)7-11(12)4/h9-12H,5-8H2,1-4H3,(H,15,19)(H,17,18). The third-order valence-electron chi connectivity index (χ3n) is 3.93. The van der Waals surface area contributed by atoms with Gasteiger partial charge in [0, 0.05) is 12.1 Å². The first-order valence-electron chi connectivity index (χ1n) is 7.10. The minimum atomic E-state index is -0.978. The monoisotopic (exact) mass is 270 g/mol. The van der Waals surface area contributed by atoms with Crippen LogP contribution in [0.4, 0.5) is 4.79 Å². The Hall–Kier alpha value is -1.26. The first-order chi connectivity index (χ1) is 8.81. The molecular weight excluding hydrogens is 244 g/mol. The van der Waals surface area contributed by atoms with E-state index in [9.17, 15) is 9.59 Å². The number of carboxylic acids is 1. The van der Waals surface area contributed by atoms with Crippen LogP contribution in [0.25, 0.3) is 0 Å². The molecule has 0 saturated heterocycles. The second-order valence-corrected chi connectivity index (χ2v) is 6.07. The zero-order chi connectivity index (χ0) is 14.6. The largest absolute Gasteiger partial charge is 0.480 e. The molecule has 2 amide bonds. The molecule has 0 radical (unpaired) electrons. The number of hydrogen-bond acceptors (Lipinski definition) is 2. The van der Waals surface area contributed by atoms with E-state index in [0.29, 0.717) is 11.8 Å². The van der Waals surface area contributed by atoms with Crippen molar-refractivity contribution in [3.05, 3.63) is 0 Å². The summed E-state index contributed by atoms with van der Waals surface area (Å²) < 4.78 is 0. The van der Waals surface area contributed by atoms with Crippen LogP contribution < -0.4 is 5.32 Å². The summed E-state index contributed by atoms with van der Waals surface area (Å²) in [4.78, 5) is 24.3. The first-order valence-corrected chi connectivity index (χ1v) is 7.10. The molecule has 3 unspecified atom stereocenters. The van der Waals surface area contributed by atoms with E-state index in [-0.39, 0.29) is 24.7 Å². The van der Waals surface area contributed by atoms with Crippen molar-refractivity contribution in [3.63, 3.8) is 0 Å². The van der Waals surface area contributed by atoms with E-state index in [1.54, 1.807) is 0 Å². The summed E-state index contributed by atoms with van der Waals surface area (Å²) in [6.07, 6.45) is 3.22. The Morgan fingerprint density at radius 2 is 1.95 bits per heavy atom.